The van der Waals surface area contributed by atoms with Gasteiger partial charge in [-0.25, -0.2) is 4.99 Å². The fourth-order valence-electron chi connectivity index (χ4n) is 5.55. The Morgan fingerprint density at radius 2 is 1.64 bits per heavy atom. The lowest BCUT2D eigenvalue weighted by Gasteiger charge is -2.36. The Morgan fingerprint density at radius 3 is 2.42 bits per heavy atom. The molecule has 5 aliphatic rings. The molecule has 0 aromatic heterocycles. The minimum absolute atomic E-state index is 0.132. The van der Waals surface area contributed by atoms with Gasteiger partial charge in [0.2, 0.25) is 0 Å². The number of benzene rings is 2. The topological polar surface area (TPSA) is 92.7 Å². The van der Waals surface area contributed by atoms with Crippen LogP contribution in [-0.2, 0) is 9.59 Å². The summed E-state index contributed by atoms with van der Waals surface area (Å²) in [4.78, 5) is 58.2. The van der Waals surface area contributed by atoms with E-state index in [-0.39, 0.29) is 72.4 Å². The maximum Gasteiger partial charge on any atom is 0.196 e. The van der Waals surface area contributed by atoms with Gasteiger partial charge in [0.25, 0.3) is 0 Å². The van der Waals surface area contributed by atoms with Gasteiger partial charge in [0.05, 0.1) is 27.0 Å². The first-order valence-corrected chi connectivity index (χ1v) is 12.1. The number of halogens is 2. The van der Waals surface area contributed by atoms with Crippen molar-refractivity contribution in [3.63, 3.8) is 0 Å². The van der Waals surface area contributed by atoms with Crippen LogP contribution < -0.4 is 5.32 Å². The minimum Gasteiger partial charge on any atom is -0.370 e. The van der Waals surface area contributed by atoms with Gasteiger partial charge < -0.3 is 5.32 Å². The molecular weight excluding hydrogens is 499 g/mol. The monoisotopic (exact) mass is 512 g/mol. The molecule has 1 N–H and O–H groups in total. The summed E-state index contributed by atoms with van der Waals surface area (Å²) in [6, 6.07) is 7.22. The van der Waals surface area contributed by atoms with Gasteiger partial charge in [-0.1, -0.05) is 59.6 Å². The van der Waals surface area contributed by atoms with E-state index in [1.807, 2.05) is 6.08 Å². The molecule has 0 saturated heterocycles. The smallest absolute Gasteiger partial charge is 0.196 e. The molecule has 2 aromatic rings. The zero-order chi connectivity index (χ0) is 24.9. The van der Waals surface area contributed by atoms with E-state index in [1.165, 1.54) is 12.1 Å². The number of rotatable bonds is 0. The number of Topliss-reactive ketones (excluding diaryl/α,β-unsaturated/α-hetero) is 2. The highest BCUT2D eigenvalue weighted by Crippen LogP contribution is 2.48. The Bertz CT molecular complexity index is 1700. The normalized spacial score (nSPS) is 21.6. The lowest BCUT2D eigenvalue weighted by atomic mass is 9.74. The Labute approximate surface area is 214 Å². The van der Waals surface area contributed by atoms with E-state index < -0.39 is 6.04 Å². The van der Waals surface area contributed by atoms with Crippen LogP contribution in [0.3, 0.4) is 0 Å². The summed E-state index contributed by atoms with van der Waals surface area (Å²) in [7, 11) is 0. The van der Waals surface area contributed by atoms with Crippen LogP contribution in [0.25, 0.3) is 0 Å². The second kappa shape index (κ2) is 7.32. The van der Waals surface area contributed by atoms with Crippen LogP contribution in [-0.4, -0.2) is 34.9 Å². The van der Waals surface area contributed by atoms with E-state index in [1.54, 1.807) is 30.3 Å². The third-order valence-electron chi connectivity index (χ3n) is 7.21. The molecule has 1 unspecified atom stereocenters. The molecule has 0 saturated carbocycles. The molecule has 1 heterocycles. The summed E-state index contributed by atoms with van der Waals surface area (Å²) in [5, 5.41) is 3.57. The van der Waals surface area contributed by atoms with E-state index in [4.69, 9.17) is 28.2 Å². The number of anilines is 1. The minimum atomic E-state index is -0.831. The van der Waals surface area contributed by atoms with Gasteiger partial charge in [-0.15, -0.1) is 0 Å². The fraction of sp³-hybridized carbons (Fsp3) is 0.107. The van der Waals surface area contributed by atoms with E-state index in [2.05, 4.69) is 5.32 Å². The molecular formula is C28H14Cl2N2O4. The van der Waals surface area contributed by atoms with Gasteiger partial charge in [0, 0.05) is 39.0 Å². The average molecular weight is 513 g/mol. The van der Waals surface area contributed by atoms with Crippen molar-refractivity contribution in [3.8, 4) is 0 Å². The van der Waals surface area contributed by atoms with Crippen LogP contribution in [0.4, 0.5) is 11.4 Å². The molecule has 36 heavy (non-hydrogen) atoms. The molecule has 0 spiro atoms. The number of carbonyl (C=O) groups excluding carboxylic acids is 4. The summed E-state index contributed by atoms with van der Waals surface area (Å²) in [5.74, 6) is -1.15. The number of nitrogens with one attached hydrogen (secondary N) is 1. The third-order valence-corrected chi connectivity index (χ3v) is 7.81. The van der Waals surface area contributed by atoms with Crippen molar-refractivity contribution in [1.29, 1.82) is 0 Å². The van der Waals surface area contributed by atoms with Gasteiger partial charge in [-0.3, -0.25) is 19.2 Å². The van der Waals surface area contributed by atoms with Crippen LogP contribution in [0.2, 0.25) is 5.02 Å². The molecule has 7 rings (SSSR count). The molecule has 174 valence electrons. The number of aliphatic imine (C=N–C) groups is 1. The number of hydrogen-bond donors (Lipinski definition) is 1. The Kier molecular flexibility index (Phi) is 4.36. The van der Waals surface area contributed by atoms with Gasteiger partial charge in [-0.05, 0) is 25.0 Å². The number of allylic oxidation sites excluding steroid dienone is 6. The molecule has 0 radical (unpaired) electrons. The molecule has 0 amide bonds. The lowest BCUT2D eigenvalue weighted by molar-refractivity contribution is -0.116. The van der Waals surface area contributed by atoms with E-state index in [0.29, 0.717) is 35.2 Å². The molecule has 6 nitrogen and oxygen atoms in total. The Balaban J connectivity index is 1.43. The Morgan fingerprint density at radius 1 is 0.889 bits per heavy atom. The van der Waals surface area contributed by atoms with Gasteiger partial charge in [0.15, 0.2) is 23.1 Å². The zero-order valence-electron chi connectivity index (χ0n) is 18.4. The predicted octanol–water partition coefficient (Wildman–Crippen LogP) is 5.21. The second-order valence-electron chi connectivity index (χ2n) is 9.09. The van der Waals surface area contributed by atoms with E-state index >= 15 is 0 Å². The highest BCUT2D eigenvalue weighted by Gasteiger charge is 2.44. The highest BCUT2D eigenvalue weighted by molar-refractivity contribution is 6.49. The summed E-state index contributed by atoms with van der Waals surface area (Å²) in [6.45, 7) is 0. The first-order valence-electron chi connectivity index (χ1n) is 11.4. The number of carbonyl (C=O) groups is 4. The SMILES string of the molecule is O=C1C2=C(C(=O)C3=C1CCC=C3)C1Nc3c(Cl)cc4c(c3N=C1C(Cl)=C2)C(=O)c1ccccc1C4=O. The van der Waals surface area contributed by atoms with Crippen molar-refractivity contribution in [2.24, 2.45) is 4.99 Å². The number of hydrogen-bond acceptors (Lipinski definition) is 6. The van der Waals surface area contributed by atoms with Crippen LogP contribution in [0.1, 0.15) is 44.7 Å². The number of ketones is 4. The molecule has 8 heteroatoms. The summed E-state index contributed by atoms with van der Waals surface area (Å²) in [5.41, 5.74) is 3.05. The van der Waals surface area contributed by atoms with Crippen LogP contribution >= 0.6 is 23.2 Å². The van der Waals surface area contributed by atoms with Crippen molar-refractivity contribution in [1.82, 2.24) is 0 Å². The first kappa shape index (κ1) is 21.4. The van der Waals surface area contributed by atoms with Gasteiger partial charge in [0.1, 0.15) is 11.7 Å². The molecule has 1 aliphatic heterocycles. The van der Waals surface area contributed by atoms with E-state index in [9.17, 15) is 19.2 Å². The van der Waals surface area contributed by atoms with E-state index in [0.717, 1.165) is 0 Å². The molecule has 0 fully saturated rings. The van der Waals surface area contributed by atoms with Crippen LogP contribution in [0.5, 0.6) is 0 Å². The first-order chi connectivity index (χ1) is 17.4. The highest BCUT2D eigenvalue weighted by atomic mass is 35.5. The maximum atomic E-state index is 13.5. The lowest BCUT2D eigenvalue weighted by Crippen LogP contribution is -2.43. The summed E-state index contributed by atoms with van der Waals surface area (Å²) < 4.78 is 0. The van der Waals surface area contributed by atoms with Crippen molar-refractivity contribution in [2.45, 2.75) is 18.9 Å². The number of nitrogens with zero attached hydrogens (tertiary/aromatic N) is 1. The molecule has 2 aromatic carbocycles. The van der Waals surface area contributed by atoms with Crippen molar-refractivity contribution < 1.29 is 19.2 Å². The van der Waals surface area contributed by atoms with Crippen molar-refractivity contribution in [3.05, 3.63) is 103 Å². The van der Waals surface area contributed by atoms with Crippen molar-refractivity contribution in [2.75, 3.05) is 5.32 Å². The maximum absolute atomic E-state index is 13.5. The van der Waals surface area contributed by atoms with Crippen LogP contribution in [0, 0.1) is 0 Å². The molecule has 1 atom stereocenters. The van der Waals surface area contributed by atoms with Gasteiger partial charge >= 0.3 is 0 Å². The fourth-order valence-corrected chi connectivity index (χ4v) is 6.06. The van der Waals surface area contributed by atoms with Crippen molar-refractivity contribution >= 4 is 63.4 Å². The summed E-state index contributed by atoms with van der Waals surface area (Å²) in [6.07, 6.45) is 6.23. The van der Waals surface area contributed by atoms with Gasteiger partial charge in [-0.2, -0.15) is 0 Å². The second-order valence-corrected chi connectivity index (χ2v) is 9.91. The quantitative estimate of drug-likeness (QED) is 0.417. The van der Waals surface area contributed by atoms with Crippen LogP contribution in [0.15, 0.2) is 80.9 Å². The molecule has 0 bridgehead atoms. The largest absolute Gasteiger partial charge is 0.370 e. The third kappa shape index (κ3) is 2.66. The summed E-state index contributed by atoms with van der Waals surface area (Å²) >= 11 is 13.2. The molecule has 4 aliphatic carbocycles. The average Bonchev–Trinajstić information content (AvgIpc) is 2.89. The Hall–Kier alpha value is -3.87. The predicted molar refractivity (Wildman–Crippen MR) is 136 cm³/mol. The number of fused-ring (bicyclic) bond motifs is 6. The standard InChI is InChI=1S/C28H14Cl2N2O4/c29-17-9-15-19(27(35)13-7-3-1-5-11(13)25(15)33)23-21(17)32-24-20-16(10-18(30)22(24)31-23)26(34)12-6-2-4-8-14(12)28(20)36/h1,3-5,7-10,24,32H,2,6H2. The zero-order valence-corrected chi connectivity index (χ0v) is 20.0.